The molecule has 1 atom stereocenters. The van der Waals surface area contributed by atoms with E-state index in [2.05, 4.69) is 75.0 Å². The molecule has 0 saturated carbocycles. The molecule has 0 saturated heterocycles. The fourth-order valence-electron chi connectivity index (χ4n) is 3.55. The second-order valence-corrected chi connectivity index (χ2v) is 9.43. The highest BCUT2D eigenvalue weighted by Gasteiger charge is 2.10. The Labute approximate surface area is 202 Å². The van der Waals surface area contributed by atoms with E-state index in [9.17, 15) is 0 Å². The third-order valence-electron chi connectivity index (χ3n) is 5.38. The van der Waals surface area contributed by atoms with Crippen LogP contribution in [-0.4, -0.2) is 40.5 Å². The molecular formula is C25H30Br2N4. The van der Waals surface area contributed by atoms with Gasteiger partial charge in [0.25, 0.3) is 0 Å². The highest BCUT2D eigenvalue weighted by Crippen LogP contribution is 2.25. The molecule has 0 amide bonds. The molecule has 0 bridgehead atoms. The Balaban J connectivity index is 1.78. The minimum Gasteiger partial charge on any atom is -0.367 e. The number of hydrogen-bond acceptors (Lipinski definition) is 4. The SMILES string of the molecule is CCN(CC)CCC[C@H](C)Nc1nc(/C=C/c2ccc(Br)cc2Br)nc2ccccc12. The fourth-order valence-corrected chi connectivity index (χ4v) is 4.73. The van der Waals surface area contributed by atoms with Gasteiger partial charge in [-0.2, -0.15) is 0 Å². The molecule has 1 heterocycles. The molecule has 6 heteroatoms. The second-order valence-electron chi connectivity index (χ2n) is 7.66. The molecule has 164 valence electrons. The molecule has 0 aliphatic rings. The topological polar surface area (TPSA) is 41.0 Å². The zero-order valence-electron chi connectivity index (χ0n) is 18.4. The summed E-state index contributed by atoms with van der Waals surface area (Å²) in [5.74, 6) is 1.60. The number of nitrogens with one attached hydrogen (secondary N) is 1. The lowest BCUT2D eigenvalue weighted by molar-refractivity contribution is 0.295. The summed E-state index contributed by atoms with van der Waals surface area (Å²) >= 11 is 7.11. The van der Waals surface area contributed by atoms with Gasteiger partial charge in [0.1, 0.15) is 5.82 Å². The summed E-state index contributed by atoms with van der Waals surface area (Å²) in [6, 6.07) is 14.6. The van der Waals surface area contributed by atoms with Gasteiger partial charge in [0.15, 0.2) is 5.82 Å². The van der Waals surface area contributed by atoms with Crippen molar-refractivity contribution in [3.63, 3.8) is 0 Å². The van der Waals surface area contributed by atoms with E-state index < -0.39 is 0 Å². The van der Waals surface area contributed by atoms with E-state index in [0.717, 1.165) is 57.3 Å². The van der Waals surface area contributed by atoms with Gasteiger partial charge < -0.3 is 10.2 Å². The van der Waals surface area contributed by atoms with Gasteiger partial charge in [-0.05, 0) is 75.3 Å². The van der Waals surface area contributed by atoms with Crippen molar-refractivity contribution in [3.8, 4) is 0 Å². The Hall–Kier alpha value is -1.76. The van der Waals surface area contributed by atoms with Gasteiger partial charge >= 0.3 is 0 Å². The van der Waals surface area contributed by atoms with E-state index in [1.54, 1.807) is 0 Å². The van der Waals surface area contributed by atoms with E-state index >= 15 is 0 Å². The summed E-state index contributed by atoms with van der Waals surface area (Å²) in [6.07, 6.45) is 6.28. The zero-order chi connectivity index (χ0) is 22.2. The molecule has 0 aliphatic carbocycles. The Kier molecular flexibility index (Phi) is 9.05. The molecule has 3 aromatic rings. The summed E-state index contributed by atoms with van der Waals surface area (Å²) in [6.45, 7) is 10.0. The first-order chi connectivity index (χ1) is 15.0. The normalized spacial score (nSPS) is 12.7. The van der Waals surface area contributed by atoms with Crippen LogP contribution < -0.4 is 5.32 Å². The van der Waals surface area contributed by atoms with E-state index in [4.69, 9.17) is 9.97 Å². The van der Waals surface area contributed by atoms with Gasteiger partial charge in [-0.3, -0.25) is 0 Å². The molecule has 0 radical (unpaired) electrons. The van der Waals surface area contributed by atoms with Crippen molar-refractivity contribution in [1.29, 1.82) is 0 Å². The minimum atomic E-state index is 0.339. The molecule has 0 fully saturated rings. The van der Waals surface area contributed by atoms with Crippen molar-refractivity contribution in [1.82, 2.24) is 14.9 Å². The van der Waals surface area contributed by atoms with Gasteiger partial charge in [-0.1, -0.05) is 70.0 Å². The van der Waals surface area contributed by atoms with Crippen molar-refractivity contribution in [2.24, 2.45) is 0 Å². The number of halogens is 2. The number of benzene rings is 2. The Bertz CT molecular complexity index is 1030. The van der Waals surface area contributed by atoms with Gasteiger partial charge in [0, 0.05) is 20.4 Å². The quantitative estimate of drug-likeness (QED) is 0.291. The molecule has 2 aromatic carbocycles. The molecule has 4 nitrogen and oxygen atoms in total. The lowest BCUT2D eigenvalue weighted by Gasteiger charge is -2.20. The van der Waals surface area contributed by atoms with Crippen LogP contribution in [0.5, 0.6) is 0 Å². The van der Waals surface area contributed by atoms with Crippen molar-refractivity contribution in [2.45, 2.75) is 39.7 Å². The van der Waals surface area contributed by atoms with Gasteiger partial charge in [0.05, 0.1) is 5.52 Å². The standard InChI is InChI=1S/C25H30Br2N4/c1-4-31(5-2)16-8-9-18(3)28-25-21-10-6-7-11-23(21)29-24(30-25)15-13-19-12-14-20(26)17-22(19)27/h6-7,10-15,17-18H,4-5,8-9,16H2,1-3H3,(H,28,29,30)/b15-13+/t18-/m0/s1. The Morgan fingerprint density at radius 3 is 2.55 bits per heavy atom. The number of hydrogen-bond donors (Lipinski definition) is 1. The fraction of sp³-hybridized carbons (Fsp3) is 0.360. The first-order valence-corrected chi connectivity index (χ1v) is 12.5. The zero-order valence-corrected chi connectivity index (χ0v) is 21.6. The third-order valence-corrected chi connectivity index (χ3v) is 6.56. The summed E-state index contributed by atoms with van der Waals surface area (Å²) in [5.41, 5.74) is 2.03. The number of nitrogens with zero attached hydrogens (tertiary/aromatic N) is 3. The van der Waals surface area contributed by atoms with Crippen molar-refractivity contribution < 1.29 is 0 Å². The van der Waals surface area contributed by atoms with Crippen LogP contribution in [0.15, 0.2) is 51.4 Å². The molecule has 1 aromatic heterocycles. The number of aromatic nitrogens is 2. The molecule has 3 rings (SSSR count). The van der Waals surface area contributed by atoms with Crippen LogP contribution in [0.1, 0.15) is 45.0 Å². The van der Waals surface area contributed by atoms with E-state index in [-0.39, 0.29) is 0 Å². The number of rotatable bonds is 10. The number of anilines is 1. The second kappa shape index (κ2) is 11.7. The van der Waals surface area contributed by atoms with Crippen molar-refractivity contribution in [3.05, 3.63) is 62.8 Å². The number of para-hydroxylation sites is 1. The predicted molar refractivity (Wildman–Crippen MR) is 140 cm³/mol. The maximum absolute atomic E-state index is 4.83. The van der Waals surface area contributed by atoms with E-state index in [1.807, 2.05) is 42.5 Å². The largest absolute Gasteiger partial charge is 0.367 e. The first kappa shape index (κ1) is 23.9. The highest BCUT2D eigenvalue weighted by atomic mass is 79.9. The third kappa shape index (κ3) is 6.86. The molecule has 31 heavy (non-hydrogen) atoms. The smallest absolute Gasteiger partial charge is 0.154 e. The summed E-state index contributed by atoms with van der Waals surface area (Å²) < 4.78 is 2.07. The first-order valence-electron chi connectivity index (χ1n) is 10.9. The van der Waals surface area contributed by atoms with Gasteiger partial charge in [0.2, 0.25) is 0 Å². The molecule has 0 spiro atoms. The number of fused-ring (bicyclic) bond motifs is 1. The van der Waals surface area contributed by atoms with Crippen molar-refractivity contribution in [2.75, 3.05) is 25.0 Å². The summed E-state index contributed by atoms with van der Waals surface area (Å²) in [4.78, 5) is 12.0. The predicted octanol–water partition coefficient (Wildman–Crippen LogP) is 7.25. The van der Waals surface area contributed by atoms with Crippen LogP contribution >= 0.6 is 31.9 Å². The van der Waals surface area contributed by atoms with Crippen LogP contribution in [0.4, 0.5) is 5.82 Å². The minimum absolute atomic E-state index is 0.339. The molecule has 0 aliphatic heterocycles. The van der Waals surface area contributed by atoms with Crippen LogP contribution in [-0.2, 0) is 0 Å². The van der Waals surface area contributed by atoms with Gasteiger partial charge in [-0.25, -0.2) is 9.97 Å². The van der Waals surface area contributed by atoms with Crippen LogP contribution in [0, 0.1) is 0 Å². The average Bonchev–Trinajstić information content (AvgIpc) is 2.76. The van der Waals surface area contributed by atoms with E-state index in [0.29, 0.717) is 11.9 Å². The molecule has 1 N–H and O–H groups in total. The van der Waals surface area contributed by atoms with Crippen molar-refractivity contribution >= 4 is 60.7 Å². The lowest BCUT2D eigenvalue weighted by Crippen LogP contribution is -2.25. The van der Waals surface area contributed by atoms with Crippen LogP contribution in [0.25, 0.3) is 23.1 Å². The highest BCUT2D eigenvalue weighted by molar-refractivity contribution is 9.11. The van der Waals surface area contributed by atoms with E-state index in [1.165, 1.54) is 6.42 Å². The maximum atomic E-state index is 4.83. The van der Waals surface area contributed by atoms with Crippen LogP contribution in [0.3, 0.4) is 0 Å². The Morgan fingerprint density at radius 1 is 1.03 bits per heavy atom. The summed E-state index contributed by atoms with van der Waals surface area (Å²) in [7, 11) is 0. The summed E-state index contributed by atoms with van der Waals surface area (Å²) in [5, 5.41) is 4.69. The van der Waals surface area contributed by atoms with Gasteiger partial charge in [-0.15, -0.1) is 0 Å². The Morgan fingerprint density at radius 2 is 1.81 bits per heavy atom. The average molecular weight is 546 g/mol. The molecular weight excluding hydrogens is 516 g/mol. The van der Waals surface area contributed by atoms with Crippen LogP contribution in [0.2, 0.25) is 0 Å². The molecule has 0 unspecified atom stereocenters. The lowest BCUT2D eigenvalue weighted by atomic mass is 10.1. The maximum Gasteiger partial charge on any atom is 0.154 e. The monoisotopic (exact) mass is 544 g/mol.